The molecule has 0 aliphatic carbocycles. The molecule has 0 unspecified atom stereocenters. The number of amides is 2. The summed E-state index contributed by atoms with van der Waals surface area (Å²) in [7, 11) is 3.29. The molecule has 0 atom stereocenters. The second-order valence-electron chi connectivity index (χ2n) is 4.40. The minimum Gasteiger partial charge on any atom is -0.361 e. The van der Waals surface area contributed by atoms with E-state index >= 15 is 0 Å². The zero-order chi connectivity index (χ0) is 13.8. The predicted molar refractivity (Wildman–Crippen MR) is 73.9 cm³/mol. The van der Waals surface area contributed by atoms with Crippen LogP contribution < -0.4 is 5.32 Å². The van der Waals surface area contributed by atoms with E-state index in [0.717, 1.165) is 10.9 Å². The number of benzene rings is 1. The molecule has 2 aromatic rings. The lowest BCUT2D eigenvalue weighted by molar-refractivity contribution is -0.120. The molecular formula is C14H17N3O2. The number of para-hydroxylation sites is 1. The molecule has 0 fully saturated rings. The number of fused-ring (bicyclic) bond motifs is 1. The van der Waals surface area contributed by atoms with E-state index < -0.39 is 0 Å². The fourth-order valence-corrected chi connectivity index (χ4v) is 1.96. The molecular weight excluding hydrogens is 242 g/mol. The first-order chi connectivity index (χ1) is 9.13. The molecule has 0 aliphatic heterocycles. The lowest BCUT2D eigenvalue weighted by Gasteiger charge is -2.17. The normalized spacial score (nSPS) is 10.4. The van der Waals surface area contributed by atoms with Gasteiger partial charge >= 0.3 is 0 Å². The number of hydrogen-bond acceptors (Lipinski definition) is 2. The highest BCUT2D eigenvalue weighted by molar-refractivity contribution is 6.05. The Morgan fingerprint density at radius 2 is 2.11 bits per heavy atom. The summed E-state index contributed by atoms with van der Waals surface area (Å²) in [6.07, 6.45) is 2.12. The van der Waals surface area contributed by atoms with E-state index in [1.165, 1.54) is 0 Å². The zero-order valence-corrected chi connectivity index (χ0v) is 11.1. The van der Waals surface area contributed by atoms with E-state index in [4.69, 9.17) is 0 Å². The first-order valence-electron chi connectivity index (χ1n) is 6.15. The number of hydrogen-bond donors (Lipinski definition) is 2. The largest absolute Gasteiger partial charge is 0.361 e. The number of carbonyl (C=O) groups is 2. The number of nitrogens with zero attached hydrogens (tertiary/aromatic N) is 1. The number of aromatic nitrogens is 1. The van der Waals surface area contributed by atoms with Gasteiger partial charge in [0.15, 0.2) is 0 Å². The van der Waals surface area contributed by atoms with E-state index in [-0.39, 0.29) is 11.8 Å². The zero-order valence-electron chi connectivity index (χ0n) is 11.1. The van der Waals surface area contributed by atoms with Crippen molar-refractivity contribution in [2.45, 2.75) is 6.42 Å². The van der Waals surface area contributed by atoms with Crippen molar-refractivity contribution in [1.29, 1.82) is 0 Å². The molecule has 19 heavy (non-hydrogen) atoms. The number of rotatable bonds is 4. The van der Waals surface area contributed by atoms with Crippen LogP contribution in [-0.4, -0.2) is 42.3 Å². The lowest BCUT2D eigenvalue weighted by atomic mass is 10.1. The Bertz CT molecular complexity index is 604. The van der Waals surface area contributed by atoms with Gasteiger partial charge in [0.1, 0.15) is 0 Å². The SMILES string of the molecule is CNC(=O)CCN(C)C(=O)c1cccc2cc[nH]c12. The van der Waals surface area contributed by atoms with Gasteiger partial charge in [0.25, 0.3) is 5.91 Å². The Morgan fingerprint density at radius 3 is 2.84 bits per heavy atom. The molecule has 100 valence electrons. The molecule has 0 saturated carbocycles. The summed E-state index contributed by atoms with van der Waals surface area (Å²) in [6.45, 7) is 0.398. The molecule has 1 aromatic heterocycles. The van der Waals surface area contributed by atoms with Crippen molar-refractivity contribution >= 4 is 22.7 Å². The van der Waals surface area contributed by atoms with Gasteiger partial charge < -0.3 is 15.2 Å². The van der Waals surface area contributed by atoms with Gasteiger partial charge in [-0.15, -0.1) is 0 Å². The number of aromatic amines is 1. The van der Waals surface area contributed by atoms with E-state index in [0.29, 0.717) is 18.5 Å². The second-order valence-corrected chi connectivity index (χ2v) is 4.40. The van der Waals surface area contributed by atoms with Gasteiger partial charge in [-0.05, 0) is 12.1 Å². The average molecular weight is 259 g/mol. The smallest absolute Gasteiger partial charge is 0.255 e. The average Bonchev–Trinajstić information content (AvgIpc) is 2.91. The van der Waals surface area contributed by atoms with E-state index in [1.54, 1.807) is 25.1 Å². The van der Waals surface area contributed by atoms with Gasteiger partial charge in [-0.1, -0.05) is 12.1 Å². The predicted octanol–water partition coefficient (Wildman–Crippen LogP) is 1.38. The Kier molecular flexibility index (Phi) is 3.85. The van der Waals surface area contributed by atoms with Gasteiger partial charge in [0.2, 0.25) is 5.91 Å². The third-order valence-electron chi connectivity index (χ3n) is 3.12. The van der Waals surface area contributed by atoms with E-state index in [9.17, 15) is 9.59 Å². The minimum absolute atomic E-state index is 0.0715. The molecule has 2 rings (SSSR count). The van der Waals surface area contributed by atoms with Crippen LogP contribution in [0, 0.1) is 0 Å². The molecule has 2 amide bonds. The molecule has 0 spiro atoms. The Hall–Kier alpha value is -2.30. The van der Waals surface area contributed by atoms with Gasteiger partial charge in [-0.25, -0.2) is 0 Å². The van der Waals surface area contributed by atoms with Crippen molar-refractivity contribution in [3.05, 3.63) is 36.0 Å². The van der Waals surface area contributed by atoms with Crippen molar-refractivity contribution in [2.24, 2.45) is 0 Å². The third kappa shape index (κ3) is 2.76. The summed E-state index contributed by atoms with van der Waals surface area (Å²) in [5.41, 5.74) is 1.46. The summed E-state index contributed by atoms with van der Waals surface area (Å²) in [4.78, 5) is 28.2. The molecule has 0 saturated heterocycles. The second kappa shape index (κ2) is 5.56. The first kappa shape index (κ1) is 13.1. The standard InChI is InChI=1S/C14H17N3O2/c1-15-12(18)7-9-17(2)14(19)11-5-3-4-10-6-8-16-13(10)11/h3-6,8,16H,7,9H2,1-2H3,(H,15,18). The molecule has 2 N–H and O–H groups in total. The Morgan fingerprint density at radius 1 is 1.32 bits per heavy atom. The molecule has 0 aliphatic rings. The topological polar surface area (TPSA) is 65.2 Å². The maximum Gasteiger partial charge on any atom is 0.255 e. The number of H-pyrrole nitrogens is 1. The molecule has 0 bridgehead atoms. The first-order valence-corrected chi connectivity index (χ1v) is 6.15. The van der Waals surface area contributed by atoms with E-state index in [1.807, 2.05) is 24.4 Å². The van der Waals surface area contributed by atoms with Crippen LogP contribution in [0.25, 0.3) is 10.9 Å². The van der Waals surface area contributed by atoms with Gasteiger partial charge in [0, 0.05) is 38.6 Å². The fourth-order valence-electron chi connectivity index (χ4n) is 1.96. The lowest BCUT2D eigenvalue weighted by Crippen LogP contribution is -2.31. The fraction of sp³-hybridized carbons (Fsp3) is 0.286. The van der Waals surface area contributed by atoms with Crippen molar-refractivity contribution in [3.63, 3.8) is 0 Å². The summed E-state index contributed by atoms with van der Waals surface area (Å²) in [6, 6.07) is 7.53. The number of carbonyl (C=O) groups excluding carboxylic acids is 2. The van der Waals surface area contributed by atoms with Crippen LogP contribution in [0.1, 0.15) is 16.8 Å². The van der Waals surface area contributed by atoms with Crippen LogP contribution in [-0.2, 0) is 4.79 Å². The molecule has 0 radical (unpaired) electrons. The van der Waals surface area contributed by atoms with Crippen molar-refractivity contribution in [2.75, 3.05) is 20.6 Å². The van der Waals surface area contributed by atoms with Crippen molar-refractivity contribution in [3.8, 4) is 0 Å². The maximum absolute atomic E-state index is 12.3. The quantitative estimate of drug-likeness (QED) is 0.871. The summed E-state index contributed by atoms with van der Waals surface area (Å²) in [5.74, 6) is -0.158. The molecule has 5 heteroatoms. The van der Waals surface area contributed by atoms with Crippen LogP contribution >= 0.6 is 0 Å². The van der Waals surface area contributed by atoms with Crippen LogP contribution in [0.15, 0.2) is 30.5 Å². The van der Waals surface area contributed by atoms with Crippen LogP contribution in [0.5, 0.6) is 0 Å². The van der Waals surface area contributed by atoms with Gasteiger partial charge in [0.05, 0.1) is 11.1 Å². The third-order valence-corrected chi connectivity index (χ3v) is 3.12. The van der Waals surface area contributed by atoms with Crippen LogP contribution in [0.3, 0.4) is 0 Å². The summed E-state index contributed by atoms with van der Waals surface area (Å²) < 4.78 is 0. The Labute approximate surface area is 111 Å². The number of nitrogens with one attached hydrogen (secondary N) is 2. The van der Waals surface area contributed by atoms with Gasteiger partial charge in [-0.2, -0.15) is 0 Å². The molecule has 1 heterocycles. The summed E-state index contributed by atoms with van der Waals surface area (Å²) >= 11 is 0. The minimum atomic E-state index is -0.0862. The van der Waals surface area contributed by atoms with Crippen LogP contribution in [0.4, 0.5) is 0 Å². The van der Waals surface area contributed by atoms with Gasteiger partial charge in [-0.3, -0.25) is 9.59 Å². The van der Waals surface area contributed by atoms with Crippen LogP contribution in [0.2, 0.25) is 0 Å². The maximum atomic E-state index is 12.3. The van der Waals surface area contributed by atoms with E-state index in [2.05, 4.69) is 10.3 Å². The molecule has 1 aromatic carbocycles. The van der Waals surface area contributed by atoms with Crippen molar-refractivity contribution in [1.82, 2.24) is 15.2 Å². The molecule has 5 nitrogen and oxygen atoms in total. The highest BCUT2D eigenvalue weighted by atomic mass is 16.2. The highest BCUT2D eigenvalue weighted by Crippen LogP contribution is 2.18. The Balaban J connectivity index is 2.15. The summed E-state index contributed by atoms with van der Waals surface area (Å²) in [5, 5.41) is 3.55. The monoisotopic (exact) mass is 259 g/mol. The highest BCUT2D eigenvalue weighted by Gasteiger charge is 2.15. The van der Waals surface area contributed by atoms with Crippen molar-refractivity contribution < 1.29 is 9.59 Å².